The normalized spacial score (nSPS) is 10.4. The average Bonchev–Trinajstić information content (AvgIpc) is 2.39. The summed E-state index contributed by atoms with van der Waals surface area (Å²) in [7, 11) is 0. The van der Waals surface area contributed by atoms with Crippen LogP contribution in [0.15, 0.2) is 30.5 Å². The highest BCUT2D eigenvalue weighted by molar-refractivity contribution is 5.88. The van der Waals surface area contributed by atoms with Crippen molar-refractivity contribution in [2.45, 2.75) is 19.8 Å². The molecule has 0 aliphatic carbocycles. The lowest BCUT2D eigenvalue weighted by atomic mass is 10.1. The first-order valence-corrected chi connectivity index (χ1v) is 6.00. The number of carbonyl (C=O) groups is 1. The standard InChI is InChI=1S/C14H14N2O3/c1-2-3-12-11(14(18)19)8-15-13(16-12)9-4-6-10(17)7-5-9/h4-8,17H,2-3H2,1H3,(H,18,19). The van der Waals surface area contributed by atoms with E-state index in [4.69, 9.17) is 5.11 Å². The number of nitrogens with zero attached hydrogens (tertiary/aromatic N) is 2. The molecule has 1 aromatic heterocycles. The van der Waals surface area contributed by atoms with Crippen molar-refractivity contribution in [1.29, 1.82) is 0 Å². The Balaban J connectivity index is 2.45. The summed E-state index contributed by atoms with van der Waals surface area (Å²) in [4.78, 5) is 19.5. The van der Waals surface area contributed by atoms with E-state index in [2.05, 4.69) is 9.97 Å². The second kappa shape index (κ2) is 5.48. The second-order valence-corrected chi connectivity index (χ2v) is 4.16. The molecule has 0 fully saturated rings. The molecule has 0 radical (unpaired) electrons. The van der Waals surface area contributed by atoms with Gasteiger partial charge in [0.05, 0.1) is 11.3 Å². The first kappa shape index (κ1) is 13.0. The van der Waals surface area contributed by atoms with Crippen LogP contribution in [0.2, 0.25) is 0 Å². The third kappa shape index (κ3) is 2.88. The molecule has 0 saturated heterocycles. The van der Waals surface area contributed by atoms with Gasteiger partial charge >= 0.3 is 5.97 Å². The van der Waals surface area contributed by atoms with Crippen molar-refractivity contribution >= 4 is 5.97 Å². The van der Waals surface area contributed by atoms with Crippen molar-refractivity contribution < 1.29 is 15.0 Å². The van der Waals surface area contributed by atoms with Crippen molar-refractivity contribution in [2.24, 2.45) is 0 Å². The summed E-state index contributed by atoms with van der Waals surface area (Å²) in [5, 5.41) is 18.3. The zero-order valence-electron chi connectivity index (χ0n) is 10.5. The summed E-state index contributed by atoms with van der Waals surface area (Å²) in [6, 6.07) is 6.48. The highest BCUT2D eigenvalue weighted by Crippen LogP contribution is 2.20. The van der Waals surface area contributed by atoms with E-state index in [1.165, 1.54) is 6.20 Å². The van der Waals surface area contributed by atoms with Crippen molar-refractivity contribution in [3.8, 4) is 17.1 Å². The van der Waals surface area contributed by atoms with Crippen LogP contribution >= 0.6 is 0 Å². The van der Waals surface area contributed by atoms with Crippen LogP contribution in [0.25, 0.3) is 11.4 Å². The van der Waals surface area contributed by atoms with Gasteiger partial charge in [-0.1, -0.05) is 13.3 Å². The first-order chi connectivity index (χ1) is 9.11. The highest BCUT2D eigenvalue weighted by atomic mass is 16.4. The summed E-state index contributed by atoms with van der Waals surface area (Å²) in [6.07, 6.45) is 2.74. The average molecular weight is 258 g/mol. The number of rotatable bonds is 4. The Morgan fingerprint density at radius 3 is 2.53 bits per heavy atom. The minimum absolute atomic E-state index is 0.143. The number of phenols is 1. The lowest BCUT2D eigenvalue weighted by Crippen LogP contribution is -2.07. The molecule has 1 aromatic carbocycles. The number of aryl methyl sites for hydroxylation is 1. The van der Waals surface area contributed by atoms with Crippen molar-refractivity contribution in [1.82, 2.24) is 9.97 Å². The topological polar surface area (TPSA) is 83.3 Å². The molecule has 0 saturated carbocycles. The Labute approximate surface area is 110 Å². The minimum Gasteiger partial charge on any atom is -0.508 e. The molecule has 5 nitrogen and oxygen atoms in total. The third-order valence-corrected chi connectivity index (χ3v) is 2.71. The molecule has 5 heteroatoms. The fraction of sp³-hybridized carbons (Fsp3) is 0.214. The molecule has 98 valence electrons. The van der Waals surface area contributed by atoms with E-state index in [9.17, 15) is 9.90 Å². The maximum absolute atomic E-state index is 11.1. The Bertz CT molecular complexity index is 594. The molecule has 2 aromatic rings. The number of carboxylic acids is 1. The fourth-order valence-electron chi connectivity index (χ4n) is 1.77. The van der Waals surface area contributed by atoms with Crippen molar-refractivity contribution in [2.75, 3.05) is 0 Å². The molecule has 0 bridgehead atoms. The molecule has 2 rings (SSSR count). The lowest BCUT2D eigenvalue weighted by molar-refractivity contribution is 0.0694. The fourth-order valence-corrected chi connectivity index (χ4v) is 1.77. The second-order valence-electron chi connectivity index (χ2n) is 4.16. The van der Waals surface area contributed by atoms with Gasteiger partial charge in [-0.25, -0.2) is 14.8 Å². The van der Waals surface area contributed by atoms with Crippen LogP contribution in [-0.2, 0) is 6.42 Å². The summed E-state index contributed by atoms with van der Waals surface area (Å²) >= 11 is 0. The number of carboxylic acid groups (broad SMARTS) is 1. The maximum Gasteiger partial charge on any atom is 0.339 e. The highest BCUT2D eigenvalue weighted by Gasteiger charge is 2.13. The van der Waals surface area contributed by atoms with Crippen LogP contribution in [-0.4, -0.2) is 26.2 Å². The van der Waals surface area contributed by atoms with Gasteiger partial charge in [0.25, 0.3) is 0 Å². The Morgan fingerprint density at radius 1 is 1.26 bits per heavy atom. The van der Waals surface area contributed by atoms with Gasteiger partial charge < -0.3 is 10.2 Å². The van der Waals surface area contributed by atoms with E-state index in [-0.39, 0.29) is 11.3 Å². The molecule has 0 spiro atoms. The van der Waals surface area contributed by atoms with Gasteiger partial charge in [-0.15, -0.1) is 0 Å². The van der Waals surface area contributed by atoms with Gasteiger partial charge in [0.2, 0.25) is 0 Å². The van der Waals surface area contributed by atoms with Gasteiger partial charge in [-0.05, 0) is 30.7 Å². The van der Waals surface area contributed by atoms with E-state index in [1.54, 1.807) is 24.3 Å². The maximum atomic E-state index is 11.1. The molecule has 2 N–H and O–H groups in total. The predicted octanol–water partition coefficient (Wildman–Crippen LogP) is 2.50. The van der Waals surface area contributed by atoms with Crippen molar-refractivity contribution in [3.05, 3.63) is 41.7 Å². The van der Waals surface area contributed by atoms with E-state index >= 15 is 0 Å². The SMILES string of the molecule is CCCc1nc(-c2ccc(O)cc2)ncc1C(=O)O. The van der Waals surface area contributed by atoms with Crippen LogP contribution in [0.1, 0.15) is 29.4 Å². The van der Waals surface area contributed by atoms with Crippen LogP contribution in [0, 0.1) is 0 Å². The number of aromatic carboxylic acids is 1. The molecular formula is C14H14N2O3. The Morgan fingerprint density at radius 2 is 1.95 bits per heavy atom. The summed E-state index contributed by atoms with van der Waals surface area (Å²) in [5.74, 6) is -0.381. The zero-order valence-corrected chi connectivity index (χ0v) is 10.5. The van der Waals surface area contributed by atoms with E-state index in [0.717, 1.165) is 12.0 Å². The number of hydrogen-bond donors (Lipinski definition) is 2. The molecule has 1 heterocycles. The summed E-state index contributed by atoms with van der Waals surface area (Å²) in [6.45, 7) is 1.97. The number of aromatic hydroxyl groups is 1. The lowest BCUT2D eigenvalue weighted by Gasteiger charge is -2.06. The molecule has 0 atom stereocenters. The molecule has 0 unspecified atom stereocenters. The molecule has 0 aliphatic heterocycles. The van der Waals surface area contributed by atoms with Crippen molar-refractivity contribution in [3.63, 3.8) is 0 Å². The van der Waals surface area contributed by atoms with Gasteiger partial charge in [-0.2, -0.15) is 0 Å². The van der Waals surface area contributed by atoms with Crippen LogP contribution in [0.4, 0.5) is 0 Å². The van der Waals surface area contributed by atoms with Gasteiger partial charge in [0.15, 0.2) is 5.82 Å². The smallest absolute Gasteiger partial charge is 0.339 e. The first-order valence-electron chi connectivity index (χ1n) is 6.00. The largest absolute Gasteiger partial charge is 0.508 e. The van der Waals surface area contributed by atoms with E-state index in [0.29, 0.717) is 17.9 Å². The van der Waals surface area contributed by atoms with Gasteiger partial charge in [0, 0.05) is 11.8 Å². The third-order valence-electron chi connectivity index (χ3n) is 2.71. The van der Waals surface area contributed by atoms with Crippen LogP contribution in [0.5, 0.6) is 5.75 Å². The van der Waals surface area contributed by atoms with E-state index in [1.807, 2.05) is 6.92 Å². The number of phenolic OH excluding ortho intramolecular Hbond substituents is 1. The minimum atomic E-state index is -1.01. The van der Waals surface area contributed by atoms with Gasteiger partial charge in [-0.3, -0.25) is 0 Å². The molecular weight excluding hydrogens is 244 g/mol. The predicted molar refractivity (Wildman–Crippen MR) is 70.1 cm³/mol. The van der Waals surface area contributed by atoms with Gasteiger partial charge in [0.1, 0.15) is 5.75 Å². The number of hydrogen-bond acceptors (Lipinski definition) is 4. The molecule has 0 aliphatic rings. The number of benzene rings is 1. The number of aromatic nitrogens is 2. The monoisotopic (exact) mass is 258 g/mol. The van der Waals surface area contributed by atoms with Crippen LogP contribution in [0.3, 0.4) is 0 Å². The Kier molecular flexibility index (Phi) is 3.75. The summed E-state index contributed by atoms with van der Waals surface area (Å²) in [5.41, 5.74) is 1.42. The molecule has 0 amide bonds. The van der Waals surface area contributed by atoms with Crippen LogP contribution < -0.4 is 0 Å². The molecule has 19 heavy (non-hydrogen) atoms. The quantitative estimate of drug-likeness (QED) is 0.880. The van der Waals surface area contributed by atoms with E-state index < -0.39 is 5.97 Å². The Hall–Kier alpha value is -2.43. The zero-order chi connectivity index (χ0) is 13.8. The summed E-state index contributed by atoms with van der Waals surface area (Å²) < 4.78 is 0.